The Morgan fingerprint density at radius 3 is 1.35 bits per heavy atom. The van der Waals surface area contributed by atoms with Crippen LogP contribution >= 0.6 is 0 Å². The SMILES string of the molecule is CC(C)=NOC(=O)C(C)(C)C(=O)ON=C(C)C. The van der Waals surface area contributed by atoms with Crippen LogP contribution in [0, 0.1) is 5.41 Å². The third-order valence-corrected chi connectivity index (χ3v) is 1.64. The zero-order valence-corrected chi connectivity index (χ0v) is 11.0. The molecule has 0 fully saturated rings. The number of carbonyl (C=O) groups excluding carboxylic acids is 2. The second-order valence-electron chi connectivity index (χ2n) is 4.46. The lowest BCUT2D eigenvalue weighted by Crippen LogP contribution is -2.35. The maximum atomic E-state index is 11.6. The normalized spacial score (nSPS) is 10.2. The molecule has 0 aromatic rings. The number of oxime groups is 2. The van der Waals surface area contributed by atoms with Gasteiger partial charge >= 0.3 is 11.9 Å². The van der Waals surface area contributed by atoms with Gasteiger partial charge in [0.15, 0.2) is 5.41 Å². The van der Waals surface area contributed by atoms with Crippen LogP contribution in [0.1, 0.15) is 41.5 Å². The molecule has 6 nitrogen and oxygen atoms in total. The van der Waals surface area contributed by atoms with Gasteiger partial charge in [-0.05, 0) is 41.5 Å². The van der Waals surface area contributed by atoms with E-state index < -0.39 is 17.4 Å². The smallest absolute Gasteiger partial charge is 0.317 e. The second kappa shape index (κ2) is 6.12. The molecule has 96 valence electrons. The lowest BCUT2D eigenvalue weighted by Gasteiger charge is -2.16. The van der Waals surface area contributed by atoms with Gasteiger partial charge in [-0.1, -0.05) is 10.3 Å². The van der Waals surface area contributed by atoms with Crippen molar-refractivity contribution in [1.82, 2.24) is 0 Å². The van der Waals surface area contributed by atoms with Crippen LogP contribution in [-0.2, 0) is 19.3 Å². The molecule has 0 aliphatic carbocycles. The predicted octanol–water partition coefficient (Wildman–Crippen LogP) is 1.89. The Balaban J connectivity index is 4.65. The topological polar surface area (TPSA) is 77.3 Å². The van der Waals surface area contributed by atoms with Gasteiger partial charge in [-0.25, -0.2) is 9.59 Å². The summed E-state index contributed by atoms with van der Waals surface area (Å²) in [4.78, 5) is 32.3. The Labute approximate surface area is 101 Å². The molecule has 17 heavy (non-hydrogen) atoms. The van der Waals surface area contributed by atoms with E-state index in [0.717, 1.165) is 0 Å². The van der Waals surface area contributed by atoms with Crippen LogP contribution in [0.4, 0.5) is 0 Å². The summed E-state index contributed by atoms with van der Waals surface area (Å²) in [7, 11) is 0. The van der Waals surface area contributed by atoms with Crippen LogP contribution < -0.4 is 0 Å². The standard InChI is InChI=1S/C11H18N2O4/c1-7(2)12-16-9(14)11(5,6)10(15)17-13-8(3)4/h1-6H3. The molecule has 0 aromatic carbocycles. The fourth-order valence-electron chi connectivity index (χ4n) is 0.577. The Hall–Kier alpha value is -1.72. The molecular formula is C11H18N2O4. The molecule has 0 N–H and O–H groups in total. The highest BCUT2D eigenvalue weighted by atomic mass is 16.7. The summed E-state index contributed by atoms with van der Waals surface area (Å²) in [5.74, 6) is -1.57. The van der Waals surface area contributed by atoms with Gasteiger partial charge in [0, 0.05) is 0 Å². The van der Waals surface area contributed by atoms with Gasteiger partial charge < -0.3 is 9.68 Å². The molecule has 0 atom stereocenters. The summed E-state index contributed by atoms with van der Waals surface area (Å²) in [6.07, 6.45) is 0. The highest BCUT2D eigenvalue weighted by Gasteiger charge is 2.40. The van der Waals surface area contributed by atoms with Gasteiger partial charge in [0.1, 0.15) is 0 Å². The molecule has 0 bridgehead atoms. The summed E-state index contributed by atoms with van der Waals surface area (Å²) >= 11 is 0. The molecule has 0 saturated heterocycles. The lowest BCUT2D eigenvalue weighted by molar-refractivity contribution is -0.169. The predicted molar refractivity (Wildman–Crippen MR) is 63.5 cm³/mol. The van der Waals surface area contributed by atoms with Crippen molar-refractivity contribution in [2.75, 3.05) is 0 Å². The maximum Gasteiger partial charge on any atom is 0.351 e. The Morgan fingerprint density at radius 1 is 0.824 bits per heavy atom. The molecular weight excluding hydrogens is 224 g/mol. The molecule has 0 aliphatic rings. The molecule has 6 heteroatoms. The van der Waals surface area contributed by atoms with Gasteiger partial charge in [0.2, 0.25) is 0 Å². The molecule has 0 heterocycles. The first-order chi connectivity index (χ1) is 7.67. The van der Waals surface area contributed by atoms with E-state index >= 15 is 0 Å². The Morgan fingerprint density at radius 2 is 1.12 bits per heavy atom. The monoisotopic (exact) mass is 242 g/mol. The van der Waals surface area contributed by atoms with E-state index in [1.807, 2.05) is 0 Å². The zero-order valence-electron chi connectivity index (χ0n) is 11.0. The molecule has 0 amide bonds. The summed E-state index contributed by atoms with van der Waals surface area (Å²) in [6.45, 7) is 9.46. The average Bonchev–Trinajstić information content (AvgIpc) is 2.21. The Bertz CT molecular complexity index is 328. The summed E-state index contributed by atoms with van der Waals surface area (Å²) in [6, 6.07) is 0. The van der Waals surface area contributed by atoms with Crippen LogP contribution in [0.2, 0.25) is 0 Å². The minimum atomic E-state index is -1.45. The van der Waals surface area contributed by atoms with Gasteiger partial charge in [0.25, 0.3) is 0 Å². The largest absolute Gasteiger partial charge is 0.351 e. The van der Waals surface area contributed by atoms with E-state index in [4.69, 9.17) is 0 Å². The second-order valence-corrected chi connectivity index (χ2v) is 4.46. The number of hydrogen-bond donors (Lipinski definition) is 0. The summed E-state index contributed by atoms with van der Waals surface area (Å²) < 4.78 is 0. The van der Waals surface area contributed by atoms with Gasteiger partial charge in [-0.15, -0.1) is 0 Å². The molecule has 0 unspecified atom stereocenters. The average molecular weight is 242 g/mol. The third kappa shape index (κ3) is 5.24. The minimum absolute atomic E-state index is 0.574. The van der Waals surface area contributed by atoms with Crippen molar-refractivity contribution in [2.24, 2.45) is 15.7 Å². The number of carbonyl (C=O) groups is 2. The number of hydrogen-bond acceptors (Lipinski definition) is 6. The van der Waals surface area contributed by atoms with Gasteiger partial charge in [0.05, 0.1) is 11.4 Å². The van der Waals surface area contributed by atoms with Crippen LogP contribution in [0.3, 0.4) is 0 Å². The fourth-order valence-corrected chi connectivity index (χ4v) is 0.577. The van der Waals surface area contributed by atoms with Gasteiger partial charge in [-0.3, -0.25) is 0 Å². The first kappa shape index (κ1) is 15.3. The maximum absolute atomic E-state index is 11.6. The van der Waals surface area contributed by atoms with Crippen molar-refractivity contribution in [3.05, 3.63) is 0 Å². The molecule has 0 aromatic heterocycles. The van der Waals surface area contributed by atoms with Crippen molar-refractivity contribution < 1.29 is 19.3 Å². The van der Waals surface area contributed by atoms with E-state index in [2.05, 4.69) is 20.0 Å². The van der Waals surface area contributed by atoms with Crippen LogP contribution in [0.5, 0.6) is 0 Å². The molecule has 0 spiro atoms. The fraction of sp³-hybridized carbons (Fsp3) is 0.636. The molecule has 0 saturated carbocycles. The first-order valence-corrected chi connectivity index (χ1v) is 5.13. The summed E-state index contributed by atoms with van der Waals surface area (Å²) in [5.41, 5.74) is -0.298. The van der Waals surface area contributed by atoms with Crippen molar-refractivity contribution >= 4 is 23.4 Å². The quantitative estimate of drug-likeness (QED) is 0.326. The van der Waals surface area contributed by atoms with Gasteiger partial charge in [-0.2, -0.15) is 0 Å². The van der Waals surface area contributed by atoms with Crippen molar-refractivity contribution in [3.8, 4) is 0 Å². The minimum Gasteiger partial charge on any atom is -0.317 e. The molecule has 0 rings (SSSR count). The number of rotatable bonds is 4. The van der Waals surface area contributed by atoms with Crippen LogP contribution in [0.25, 0.3) is 0 Å². The summed E-state index contributed by atoms with van der Waals surface area (Å²) in [5, 5.41) is 6.98. The Kier molecular flexibility index (Phi) is 5.50. The van der Waals surface area contributed by atoms with E-state index in [-0.39, 0.29) is 0 Å². The lowest BCUT2D eigenvalue weighted by atomic mass is 9.94. The van der Waals surface area contributed by atoms with Crippen molar-refractivity contribution in [2.45, 2.75) is 41.5 Å². The third-order valence-electron chi connectivity index (χ3n) is 1.64. The van der Waals surface area contributed by atoms with Crippen molar-refractivity contribution in [3.63, 3.8) is 0 Å². The van der Waals surface area contributed by atoms with E-state index in [1.54, 1.807) is 27.7 Å². The van der Waals surface area contributed by atoms with Crippen molar-refractivity contribution in [1.29, 1.82) is 0 Å². The van der Waals surface area contributed by atoms with Crippen LogP contribution in [-0.4, -0.2) is 23.4 Å². The van der Waals surface area contributed by atoms with E-state index in [9.17, 15) is 9.59 Å². The van der Waals surface area contributed by atoms with E-state index in [1.165, 1.54) is 13.8 Å². The van der Waals surface area contributed by atoms with Crippen LogP contribution in [0.15, 0.2) is 10.3 Å². The highest BCUT2D eigenvalue weighted by Crippen LogP contribution is 2.20. The van der Waals surface area contributed by atoms with E-state index in [0.29, 0.717) is 11.4 Å². The number of nitrogens with zero attached hydrogens (tertiary/aromatic N) is 2. The first-order valence-electron chi connectivity index (χ1n) is 5.13. The molecule has 0 radical (unpaired) electrons. The zero-order chi connectivity index (χ0) is 13.6. The highest BCUT2D eigenvalue weighted by molar-refractivity contribution is 5.99. The molecule has 0 aliphatic heterocycles.